The van der Waals surface area contributed by atoms with Crippen LogP contribution in [0.25, 0.3) is 0 Å². The van der Waals surface area contributed by atoms with Crippen LogP contribution in [0.5, 0.6) is 0 Å². The number of sulfonamides is 1. The Morgan fingerprint density at radius 1 is 1.35 bits per heavy atom. The van der Waals surface area contributed by atoms with Gasteiger partial charge in [-0.1, -0.05) is 24.4 Å². The Labute approximate surface area is 124 Å². The summed E-state index contributed by atoms with van der Waals surface area (Å²) in [7, 11) is -3.57. The molecule has 112 valence electrons. The molecule has 20 heavy (non-hydrogen) atoms. The average Bonchev–Trinajstić information content (AvgIpc) is 2.45. The molecule has 7 heteroatoms. The van der Waals surface area contributed by atoms with Gasteiger partial charge in [-0.3, -0.25) is 0 Å². The Bertz CT molecular complexity index is 550. The van der Waals surface area contributed by atoms with E-state index in [9.17, 15) is 13.5 Å². The van der Waals surface area contributed by atoms with Crippen molar-refractivity contribution in [1.82, 2.24) is 9.71 Å². The topological polar surface area (TPSA) is 79.3 Å². The van der Waals surface area contributed by atoms with Gasteiger partial charge in [0.25, 0.3) is 0 Å². The van der Waals surface area contributed by atoms with Crippen molar-refractivity contribution in [3.63, 3.8) is 0 Å². The Morgan fingerprint density at radius 2 is 2.05 bits per heavy atom. The molecule has 1 aliphatic carbocycles. The first-order valence-corrected chi connectivity index (χ1v) is 8.61. The van der Waals surface area contributed by atoms with Gasteiger partial charge in [0.2, 0.25) is 10.0 Å². The second-order valence-electron chi connectivity index (χ2n) is 5.15. The summed E-state index contributed by atoms with van der Waals surface area (Å²) in [5.41, 5.74) is 0. The van der Waals surface area contributed by atoms with Crippen molar-refractivity contribution >= 4 is 21.6 Å². The highest BCUT2D eigenvalue weighted by molar-refractivity contribution is 7.89. The lowest BCUT2D eigenvalue weighted by molar-refractivity contribution is 0.136. The molecular formula is C13H19ClN2O3S. The first kappa shape index (κ1) is 15.7. The van der Waals surface area contributed by atoms with Crippen LogP contribution in [0.3, 0.4) is 0 Å². The van der Waals surface area contributed by atoms with Gasteiger partial charge in [0.15, 0.2) is 0 Å². The zero-order chi connectivity index (χ0) is 14.6. The summed E-state index contributed by atoms with van der Waals surface area (Å²) in [6.45, 7) is 0.473. The molecule has 0 aromatic carbocycles. The van der Waals surface area contributed by atoms with Crippen LogP contribution in [0.2, 0.25) is 5.15 Å². The van der Waals surface area contributed by atoms with Crippen molar-refractivity contribution in [1.29, 1.82) is 0 Å². The molecule has 0 spiro atoms. The highest BCUT2D eigenvalue weighted by Crippen LogP contribution is 2.29. The first-order valence-electron chi connectivity index (χ1n) is 6.75. The second kappa shape index (κ2) is 6.85. The number of nitrogens with zero attached hydrogens (tertiary/aromatic N) is 1. The summed E-state index contributed by atoms with van der Waals surface area (Å²) >= 11 is 5.71. The van der Waals surface area contributed by atoms with E-state index >= 15 is 0 Å². The second-order valence-corrected chi connectivity index (χ2v) is 7.31. The molecule has 1 aromatic heterocycles. The lowest BCUT2D eigenvalue weighted by Gasteiger charge is -2.30. The minimum absolute atomic E-state index is 0.119. The summed E-state index contributed by atoms with van der Waals surface area (Å²) in [4.78, 5) is 3.89. The van der Waals surface area contributed by atoms with E-state index in [1.807, 2.05) is 0 Å². The number of halogens is 1. The summed E-state index contributed by atoms with van der Waals surface area (Å²) in [6, 6.07) is 2.74. The fourth-order valence-corrected chi connectivity index (χ4v) is 3.99. The quantitative estimate of drug-likeness (QED) is 0.812. The van der Waals surface area contributed by atoms with Crippen LogP contribution in [0.1, 0.15) is 25.7 Å². The van der Waals surface area contributed by atoms with Crippen LogP contribution in [-0.2, 0) is 10.0 Å². The Hall–Kier alpha value is -0.690. The van der Waals surface area contributed by atoms with E-state index in [1.165, 1.54) is 18.3 Å². The average molecular weight is 319 g/mol. The summed E-state index contributed by atoms with van der Waals surface area (Å²) in [5.74, 6) is 0.383. The smallest absolute Gasteiger partial charge is 0.240 e. The normalized spacial score (nSPS) is 23.7. The fourth-order valence-electron chi connectivity index (χ4n) is 2.65. The number of aromatic nitrogens is 1. The van der Waals surface area contributed by atoms with Gasteiger partial charge < -0.3 is 5.11 Å². The number of pyridine rings is 1. The predicted molar refractivity (Wildman–Crippen MR) is 77.0 cm³/mol. The Balaban J connectivity index is 2.02. The van der Waals surface area contributed by atoms with Gasteiger partial charge in [-0.25, -0.2) is 18.1 Å². The van der Waals surface area contributed by atoms with Gasteiger partial charge in [-0.05, 0) is 36.8 Å². The van der Waals surface area contributed by atoms with Gasteiger partial charge in [-0.15, -0.1) is 0 Å². The zero-order valence-corrected chi connectivity index (χ0v) is 12.7. The number of hydrogen-bond donors (Lipinski definition) is 2. The molecule has 2 N–H and O–H groups in total. The van der Waals surface area contributed by atoms with Crippen LogP contribution >= 0.6 is 11.6 Å². The van der Waals surface area contributed by atoms with Crippen molar-refractivity contribution in [3.05, 3.63) is 23.5 Å². The molecule has 1 saturated carbocycles. The third-order valence-corrected chi connectivity index (χ3v) is 5.47. The Kier molecular flexibility index (Phi) is 5.37. The monoisotopic (exact) mass is 318 g/mol. The molecule has 0 amide bonds. The fraction of sp³-hybridized carbons (Fsp3) is 0.615. The van der Waals surface area contributed by atoms with Gasteiger partial charge >= 0.3 is 0 Å². The number of rotatable bonds is 5. The molecule has 1 aromatic rings. The van der Waals surface area contributed by atoms with Gasteiger partial charge in [0.05, 0.1) is 4.90 Å². The molecule has 1 heterocycles. The summed E-state index contributed by atoms with van der Waals surface area (Å²) < 4.78 is 26.9. The minimum atomic E-state index is -3.57. The molecule has 0 saturated heterocycles. The largest absolute Gasteiger partial charge is 0.396 e. The van der Waals surface area contributed by atoms with Crippen molar-refractivity contribution in [2.45, 2.75) is 30.6 Å². The minimum Gasteiger partial charge on any atom is -0.396 e. The van der Waals surface area contributed by atoms with E-state index in [4.69, 9.17) is 11.6 Å². The number of nitrogens with one attached hydrogen (secondary N) is 1. The van der Waals surface area contributed by atoms with E-state index in [2.05, 4.69) is 9.71 Å². The molecule has 2 unspecified atom stereocenters. The van der Waals surface area contributed by atoms with Crippen LogP contribution in [-0.4, -0.2) is 31.7 Å². The third-order valence-electron chi connectivity index (χ3n) is 3.84. The SMILES string of the molecule is O=S(=O)(NCC1CCCCC1CO)c1ccnc(Cl)c1. The maximum Gasteiger partial charge on any atom is 0.240 e. The molecular weight excluding hydrogens is 300 g/mol. The maximum absolute atomic E-state index is 12.2. The molecule has 0 radical (unpaired) electrons. The van der Waals surface area contributed by atoms with Crippen LogP contribution in [0.15, 0.2) is 23.2 Å². The van der Waals surface area contributed by atoms with Crippen LogP contribution in [0, 0.1) is 11.8 Å². The van der Waals surface area contributed by atoms with E-state index < -0.39 is 10.0 Å². The van der Waals surface area contributed by atoms with Gasteiger partial charge in [0, 0.05) is 19.3 Å². The van der Waals surface area contributed by atoms with E-state index in [-0.39, 0.29) is 28.5 Å². The molecule has 5 nitrogen and oxygen atoms in total. The molecule has 1 aliphatic rings. The first-order chi connectivity index (χ1) is 9.53. The van der Waals surface area contributed by atoms with Gasteiger partial charge in [0.1, 0.15) is 5.15 Å². The summed E-state index contributed by atoms with van der Waals surface area (Å²) in [6.07, 6.45) is 5.47. The van der Waals surface area contributed by atoms with Crippen LogP contribution < -0.4 is 4.72 Å². The molecule has 2 atom stereocenters. The standard InChI is InChI=1S/C13H19ClN2O3S/c14-13-7-12(5-6-15-13)20(18,19)16-8-10-3-1-2-4-11(10)9-17/h5-7,10-11,16-17H,1-4,8-9H2. The molecule has 0 bridgehead atoms. The zero-order valence-electron chi connectivity index (χ0n) is 11.1. The molecule has 0 aliphatic heterocycles. The highest BCUT2D eigenvalue weighted by atomic mass is 35.5. The van der Waals surface area contributed by atoms with E-state index in [0.717, 1.165) is 25.7 Å². The number of aliphatic hydroxyl groups excluding tert-OH is 1. The maximum atomic E-state index is 12.2. The van der Waals surface area contributed by atoms with E-state index in [1.54, 1.807) is 0 Å². The van der Waals surface area contributed by atoms with Crippen molar-refractivity contribution in [2.24, 2.45) is 11.8 Å². The highest BCUT2D eigenvalue weighted by Gasteiger charge is 2.26. The van der Waals surface area contributed by atoms with Crippen molar-refractivity contribution < 1.29 is 13.5 Å². The third kappa shape index (κ3) is 3.91. The summed E-state index contributed by atoms with van der Waals surface area (Å²) in [5, 5.41) is 9.49. The van der Waals surface area contributed by atoms with Crippen LogP contribution in [0.4, 0.5) is 0 Å². The lowest BCUT2D eigenvalue weighted by atomic mass is 9.80. The lowest BCUT2D eigenvalue weighted by Crippen LogP contribution is -2.35. The van der Waals surface area contributed by atoms with E-state index in [0.29, 0.717) is 6.54 Å². The van der Waals surface area contributed by atoms with Crippen molar-refractivity contribution in [2.75, 3.05) is 13.2 Å². The molecule has 2 rings (SSSR count). The Morgan fingerprint density at radius 3 is 2.70 bits per heavy atom. The number of hydrogen-bond acceptors (Lipinski definition) is 4. The van der Waals surface area contributed by atoms with Gasteiger partial charge in [-0.2, -0.15) is 0 Å². The predicted octanol–water partition coefficient (Wildman–Crippen LogP) is 1.81. The van der Waals surface area contributed by atoms with Crippen molar-refractivity contribution in [3.8, 4) is 0 Å². The number of aliphatic hydroxyl groups is 1. The molecule has 1 fully saturated rings.